The summed E-state index contributed by atoms with van der Waals surface area (Å²) in [6, 6.07) is 9.74. The van der Waals surface area contributed by atoms with E-state index in [4.69, 9.17) is 9.94 Å². The summed E-state index contributed by atoms with van der Waals surface area (Å²) in [7, 11) is 0. The van der Waals surface area contributed by atoms with Crippen LogP contribution in [0.3, 0.4) is 0 Å². The molecule has 0 aliphatic rings. The zero-order valence-electron chi connectivity index (χ0n) is 14.1. The minimum atomic E-state index is -1.19. The molecule has 0 aliphatic heterocycles. The van der Waals surface area contributed by atoms with E-state index < -0.39 is 24.0 Å². The molecule has 0 bridgehead atoms. The predicted octanol–water partition coefficient (Wildman–Crippen LogP) is 2.13. The third-order valence-corrected chi connectivity index (χ3v) is 3.84. The Labute approximate surface area is 144 Å². The van der Waals surface area contributed by atoms with Gasteiger partial charge in [-0.1, -0.05) is 26.0 Å². The highest BCUT2D eigenvalue weighted by Crippen LogP contribution is 2.20. The summed E-state index contributed by atoms with van der Waals surface area (Å²) in [6.07, 6.45) is 2.06. The molecule has 1 unspecified atom stereocenters. The molecule has 2 rings (SSSR count). The quantitative estimate of drug-likeness (QED) is 0.802. The van der Waals surface area contributed by atoms with Crippen molar-refractivity contribution < 1.29 is 19.5 Å². The predicted molar refractivity (Wildman–Crippen MR) is 92.9 cm³/mol. The average Bonchev–Trinajstić information content (AvgIpc) is 2.60. The maximum atomic E-state index is 11.9. The Kier molecular flexibility index (Phi) is 5.94. The van der Waals surface area contributed by atoms with Gasteiger partial charge in [0.25, 0.3) is 11.5 Å². The lowest BCUT2D eigenvalue weighted by Gasteiger charge is -2.11. The fraction of sp³-hybridized carbons (Fsp3) is 0.278. The first-order chi connectivity index (χ1) is 11.9. The topological polar surface area (TPSA) is 97.6 Å². The van der Waals surface area contributed by atoms with Gasteiger partial charge in [-0.05, 0) is 36.1 Å². The van der Waals surface area contributed by atoms with Crippen molar-refractivity contribution in [3.8, 4) is 0 Å². The van der Waals surface area contributed by atoms with Gasteiger partial charge in [-0.3, -0.25) is 9.59 Å². The number of nitrogens with zero attached hydrogens (tertiary/aromatic N) is 1. The van der Waals surface area contributed by atoms with E-state index in [9.17, 15) is 14.4 Å². The van der Waals surface area contributed by atoms with Gasteiger partial charge < -0.3 is 15.3 Å². The number of carboxylic acids is 1. The van der Waals surface area contributed by atoms with Crippen LogP contribution < -0.4 is 15.7 Å². The van der Waals surface area contributed by atoms with Crippen LogP contribution in [0, 0.1) is 0 Å². The second-order valence-electron chi connectivity index (χ2n) is 5.64. The number of anilines is 1. The first-order valence-corrected chi connectivity index (χ1v) is 7.89. The van der Waals surface area contributed by atoms with Crippen LogP contribution in [0.15, 0.2) is 47.4 Å². The summed E-state index contributed by atoms with van der Waals surface area (Å²) in [5, 5.41) is 11.6. The number of pyridine rings is 1. The van der Waals surface area contributed by atoms with Crippen LogP contribution in [0.2, 0.25) is 0 Å². The van der Waals surface area contributed by atoms with Gasteiger partial charge in [0.15, 0.2) is 6.61 Å². The Balaban J connectivity index is 1.96. The van der Waals surface area contributed by atoms with E-state index in [-0.39, 0.29) is 5.56 Å². The van der Waals surface area contributed by atoms with Crippen molar-refractivity contribution in [3.63, 3.8) is 0 Å². The maximum absolute atomic E-state index is 11.9. The van der Waals surface area contributed by atoms with Crippen LogP contribution in [-0.2, 0) is 4.79 Å². The third kappa shape index (κ3) is 4.94. The number of aromatic nitrogens is 1. The zero-order chi connectivity index (χ0) is 18.4. The molecule has 0 fully saturated rings. The van der Waals surface area contributed by atoms with Gasteiger partial charge in [0.2, 0.25) is 0 Å². The molecule has 0 spiro atoms. The molecule has 25 heavy (non-hydrogen) atoms. The lowest BCUT2D eigenvalue weighted by molar-refractivity contribution is -0.120. The number of hydrogen-bond acceptors (Lipinski definition) is 4. The number of carbonyl (C=O) groups is 2. The van der Waals surface area contributed by atoms with Crippen LogP contribution in [0.25, 0.3) is 0 Å². The summed E-state index contributed by atoms with van der Waals surface area (Å²) in [6.45, 7) is 3.82. The van der Waals surface area contributed by atoms with Crippen molar-refractivity contribution >= 4 is 17.6 Å². The van der Waals surface area contributed by atoms with Crippen LogP contribution >= 0.6 is 0 Å². The summed E-state index contributed by atoms with van der Waals surface area (Å²) in [5.41, 5.74) is 1.14. The van der Waals surface area contributed by atoms with E-state index in [1.54, 1.807) is 12.1 Å². The van der Waals surface area contributed by atoms with Crippen LogP contribution in [0.4, 0.5) is 5.69 Å². The lowest BCUT2D eigenvalue weighted by atomic mass is 9.99. The molecule has 0 saturated carbocycles. The number of hydrogen-bond donors (Lipinski definition) is 2. The number of benzene rings is 1. The Hall–Kier alpha value is -3.09. The van der Waals surface area contributed by atoms with Crippen LogP contribution in [0.5, 0.6) is 0 Å². The minimum Gasteiger partial charge on any atom is -0.478 e. The number of nitrogens with one attached hydrogen (secondary N) is 1. The number of carbonyl (C=O) groups excluding carboxylic acids is 1. The maximum Gasteiger partial charge on any atom is 0.337 e. The van der Waals surface area contributed by atoms with Crippen LogP contribution in [-0.4, -0.2) is 28.3 Å². The Morgan fingerprint density at radius 3 is 2.48 bits per heavy atom. The lowest BCUT2D eigenvalue weighted by Crippen LogP contribution is -2.32. The van der Waals surface area contributed by atoms with Crippen molar-refractivity contribution in [3.05, 3.63) is 64.1 Å². The molecule has 1 atom stereocenters. The van der Waals surface area contributed by atoms with Gasteiger partial charge in [0, 0.05) is 11.8 Å². The first kappa shape index (κ1) is 18.3. The molecule has 0 saturated heterocycles. The van der Waals surface area contributed by atoms with Gasteiger partial charge in [-0.2, -0.15) is 4.73 Å². The van der Waals surface area contributed by atoms with E-state index >= 15 is 0 Å². The smallest absolute Gasteiger partial charge is 0.337 e. The standard InChI is InChI=1S/C18H20N2O5/c1-3-12(2)13-4-7-15(8-5-13)19-16(21)11-25-20-10-14(18(23)24)6-9-17(20)22/h4-10,12H,3,11H2,1-2H3,(H,19,21)(H,23,24). The highest BCUT2D eigenvalue weighted by atomic mass is 16.7. The van der Waals surface area contributed by atoms with Crippen LogP contribution in [0.1, 0.15) is 42.1 Å². The molecular weight excluding hydrogens is 324 g/mol. The Morgan fingerprint density at radius 1 is 1.20 bits per heavy atom. The normalized spacial score (nSPS) is 11.6. The molecule has 1 aromatic carbocycles. The molecule has 0 aliphatic carbocycles. The molecule has 2 aromatic rings. The molecule has 1 amide bonds. The van der Waals surface area contributed by atoms with Gasteiger partial charge in [-0.25, -0.2) is 4.79 Å². The summed E-state index contributed by atoms with van der Waals surface area (Å²) < 4.78 is 0.731. The zero-order valence-corrected chi connectivity index (χ0v) is 14.1. The molecule has 7 nitrogen and oxygen atoms in total. The molecule has 132 valence electrons. The molecule has 0 radical (unpaired) electrons. The molecular formula is C18H20N2O5. The van der Waals surface area contributed by atoms with E-state index in [2.05, 4.69) is 19.2 Å². The summed E-state index contributed by atoms with van der Waals surface area (Å²) >= 11 is 0. The van der Waals surface area contributed by atoms with Gasteiger partial charge >= 0.3 is 5.97 Å². The number of aromatic carboxylic acids is 1. The summed E-state index contributed by atoms with van der Waals surface area (Å²) in [5.74, 6) is -1.20. The van der Waals surface area contributed by atoms with Crippen molar-refractivity contribution in [1.29, 1.82) is 0 Å². The number of amides is 1. The van der Waals surface area contributed by atoms with E-state index in [1.807, 2.05) is 12.1 Å². The molecule has 1 aromatic heterocycles. The van der Waals surface area contributed by atoms with Crippen molar-refractivity contribution in [2.45, 2.75) is 26.2 Å². The highest BCUT2D eigenvalue weighted by Gasteiger charge is 2.09. The molecule has 7 heteroatoms. The monoisotopic (exact) mass is 344 g/mol. The van der Waals surface area contributed by atoms with E-state index in [0.717, 1.165) is 23.4 Å². The molecule has 2 N–H and O–H groups in total. The Morgan fingerprint density at radius 2 is 1.88 bits per heavy atom. The minimum absolute atomic E-state index is 0.111. The fourth-order valence-corrected chi connectivity index (χ4v) is 2.15. The third-order valence-electron chi connectivity index (χ3n) is 3.84. The van der Waals surface area contributed by atoms with Gasteiger partial charge in [0.1, 0.15) is 0 Å². The first-order valence-electron chi connectivity index (χ1n) is 7.89. The van der Waals surface area contributed by atoms with Crippen molar-refractivity contribution in [2.24, 2.45) is 0 Å². The molecule has 1 heterocycles. The second-order valence-corrected chi connectivity index (χ2v) is 5.64. The largest absolute Gasteiger partial charge is 0.478 e. The fourth-order valence-electron chi connectivity index (χ4n) is 2.15. The number of rotatable bonds is 7. The van der Waals surface area contributed by atoms with Crippen molar-refractivity contribution in [2.75, 3.05) is 11.9 Å². The SMILES string of the molecule is CCC(C)c1ccc(NC(=O)COn2cc(C(=O)O)ccc2=O)cc1. The number of carboxylic acid groups (broad SMARTS) is 1. The highest BCUT2D eigenvalue weighted by molar-refractivity contribution is 5.91. The van der Waals surface area contributed by atoms with Crippen molar-refractivity contribution in [1.82, 2.24) is 4.73 Å². The average molecular weight is 344 g/mol. The van der Waals surface area contributed by atoms with E-state index in [0.29, 0.717) is 11.6 Å². The van der Waals surface area contributed by atoms with Gasteiger partial charge in [-0.15, -0.1) is 0 Å². The van der Waals surface area contributed by atoms with E-state index in [1.165, 1.54) is 11.6 Å². The Bertz CT molecular complexity index is 811. The van der Waals surface area contributed by atoms with Gasteiger partial charge in [0.05, 0.1) is 11.8 Å². The summed E-state index contributed by atoms with van der Waals surface area (Å²) in [4.78, 5) is 39.5. The second kappa shape index (κ2) is 8.14.